The zero-order chi connectivity index (χ0) is 17.3. The predicted octanol–water partition coefficient (Wildman–Crippen LogP) is 6.04. The summed E-state index contributed by atoms with van der Waals surface area (Å²) in [4.78, 5) is 0. The lowest BCUT2D eigenvalue weighted by Crippen LogP contribution is -2.07. The summed E-state index contributed by atoms with van der Waals surface area (Å²) in [7, 11) is 0. The zero-order valence-corrected chi connectivity index (χ0v) is 11.9. The van der Waals surface area contributed by atoms with Gasteiger partial charge in [0.1, 0.15) is 11.5 Å². The monoisotopic (exact) mass is 340 g/mol. The Morgan fingerprint density at radius 3 is 2.17 bits per heavy atom. The third-order valence-corrected chi connectivity index (χ3v) is 3.19. The number of rotatable bonds is 3. The summed E-state index contributed by atoms with van der Waals surface area (Å²) >= 11 is 0. The number of ether oxygens (including phenoxy) is 1. The molecule has 24 heavy (non-hydrogen) atoms. The molecule has 1 aromatic heterocycles. The van der Waals surface area contributed by atoms with Gasteiger partial charge in [0.05, 0.1) is 11.8 Å². The second-order valence-electron chi connectivity index (χ2n) is 4.87. The van der Waals surface area contributed by atoms with Crippen LogP contribution in [0.2, 0.25) is 0 Å². The Morgan fingerprint density at radius 1 is 0.875 bits per heavy atom. The van der Waals surface area contributed by atoms with E-state index in [0.717, 1.165) is 0 Å². The maximum atomic E-state index is 13.8. The molecule has 0 fully saturated rings. The topological polar surface area (TPSA) is 22.4 Å². The minimum atomic E-state index is -4.85. The van der Waals surface area contributed by atoms with Crippen molar-refractivity contribution in [2.45, 2.75) is 6.18 Å². The van der Waals surface area contributed by atoms with Gasteiger partial charge in [0, 0.05) is 5.56 Å². The number of alkyl halides is 3. The fraction of sp³-hybridized carbons (Fsp3) is 0.0588. The van der Waals surface area contributed by atoms with Gasteiger partial charge in [-0.05, 0) is 36.4 Å². The van der Waals surface area contributed by atoms with E-state index in [1.165, 1.54) is 18.4 Å². The van der Waals surface area contributed by atoms with Crippen molar-refractivity contribution in [3.05, 3.63) is 72.0 Å². The highest BCUT2D eigenvalue weighted by Crippen LogP contribution is 2.36. The molecule has 0 unspecified atom stereocenters. The molecule has 0 aliphatic heterocycles. The Bertz CT molecular complexity index is 831. The largest absolute Gasteiger partial charge is 0.464 e. The van der Waals surface area contributed by atoms with Crippen LogP contribution in [0.15, 0.2) is 59.2 Å². The second kappa shape index (κ2) is 5.99. The molecule has 0 amide bonds. The van der Waals surface area contributed by atoms with Crippen LogP contribution in [0.1, 0.15) is 5.56 Å². The Kier molecular flexibility index (Phi) is 4.01. The second-order valence-corrected chi connectivity index (χ2v) is 4.87. The van der Waals surface area contributed by atoms with Crippen LogP contribution in [0, 0.1) is 11.6 Å². The summed E-state index contributed by atoms with van der Waals surface area (Å²) in [6.07, 6.45) is -3.39. The molecule has 2 nitrogen and oxygen atoms in total. The van der Waals surface area contributed by atoms with Crippen LogP contribution in [0.3, 0.4) is 0 Å². The quantitative estimate of drug-likeness (QED) is 0.543. The van der Waals surface area contributed by atoms with Gasteiger partial charge in [-0.3, -0.25) is 0 Å². The average molecular weight is 340 g/mol. The van der Waals surface area contributed by atoms with Crippen LogP contribution < -0.4 is 4.74 Å². The minimum Gasteiger partial charge on any atom is -0.464 e. The van der Waals surface area contributed by atoms with Crippen molar-refractivity contribution < 1.29 is 31.1 Å². The van der Waals surface area contributed by atoms with Crippen LogP contribution in [0.25, 0.3) is 11.3 Å². The smallest absolute Gasteiger partial charge is 0.416 e. The molecule has 3 rings (SSSR count). The molecule has 2 aromatic carbocycles. The van der Waals surface area contributed by atoms with Gasteiger partial charge >= 0.3 is 6.18 Å². The lowest BCUT2D eigenvalue weighted by Gasteiger charge is -2.12. The number of benzene rings is 2. The summed E-state index contributed by atoms with van der Waals surface area (Å²) in [5, 5.41) is 0. The maximum absolute atomic E-state index is 13.8. The fourth-order valence-corrected chi connectivity index (χ4v) is 2.09. The minimum absolute atomic E-state index is 0.0569. The highest BCUT2D eigenvalue weighted by atomic mass is 19.4. The van der Waals surface area contributed by atoms with E-state index in [4.69, 9.17) is 9.15 Å². The average Bonchev–Trinajstić information content (AvgIpc) is 3.04. The molecule has 0 atom stereocenters. The van der Waals surface area contributed by atoms with Gasteiger partial charge < -0.3 is 9.15 Å². The van der Waals surface area contributed by atoms with Crippen molar-refractivity contribution >= 4 is 0 Å². The molecule has 0 N–H and O–H groups in total. The fourth-order valence-electron chi connectivity index (χ4n) is 2.09. The first-order chi connectivity index (χ1) is 11.3. The van der Waals surface area contributed by atoms with Gasteiger partial charge in [-0.1, -0.05) is 12.1 Å². The van der Waals surface area contributed by atoms with Gasteiger partial charge in [-0.25, -0.2) is 8.78 Å². The molecule has 0 bridgehead atoms. The van der Waals surface area contributed by atoms with Crippen molar-refractivity contribution in [2.24, 2.45) is 0 Å². The summed E-state index contributed by atoms with van der Waals surface area (Å²) in [5.41, 5.74) is -0.834. The molecule has 0 aliphatic carbocycles. The van der Waals surface area contributed by atoms with E-state index >= 15 is 0 Å². The van der Waals surface area contributed by atoms with Gasteiger partial charge in [0.15, 0.2) is 17.4 Å². The van der Waals surface area contributed by atoms with Crippen molar-refractivity contribution in [2.75, 3.05) is 0 Å². The van der Waals surface area contributed by atoms with Crippen LogP contribution >= 0.6 is 0 Å². The Balaban J connectivity index is 1.93. The molecule has 7 heteroatoms. The maximum Gasteiger partial charge on any atom is 0.416 e. The van der Waals surface area contributed by atoms with Crippen LogP contribution in [-0.2, 0) is 6.18 Å². The number of halogens is 5. The Labute approximate surface area is 133 Å². The molecule has 0 spiro atoms. The third kappa shape index (κ3) is 3.24. The summed E-state index contributed by atoms with van der Waals surface area (Å²) in [5.74, 6) is -3.22. The highest BCUT2D eigenvalue weighted by Gasteiger charge is 2.33. The van der Waals surface area contributed by atoms with Crippen LogP contribution in [-0.4, -0.2) is 0 Å². The molecule has 0 radical (unpaired) electrons. The van der Waals surface area contributed by atoms with E-state index < -0.39 is 29.1 Å². The first-order valence-electron chi connectivity index (χ1n) is 6.72. The zero-order valence-electron chi connectivity index (χ0n) is 11.9. The Hall–Kier alpha value is -2.83. The van der Waals surface area contributed by atoms with Crippen LogP contribution in [0.5, 0.6) is 11.5 Å². The van der Waals surface area contributed by atoms with Gasteiger partial charge in [0.25, 0.3) is 0 Å². The van der Waals surface area contributed by atoms with E-state index in [1.54, 1.807) is 24.3 Å². The molecule has 0 saturated heterocycles. The summed E-state index contributed by atoms with van der Waals surface area (Å²) in [6, 6.07) is 9.84. The van der Waals surface area contributed by atoms with Gasteiger partial charge in [-0.2, -0.15) is 13.2 Å². The molecule has 1 heterocycles. The van der Waals surface area contributed by atoms with Gasteiger partial charge in [-0.15, -0.1) is 0 Å². The first-order valence-corrected chi connectivity index (χ1v) is 6.72. The van der Waals surface area contributed by atoms with E-state index in [0.29, 0.717) is 11.3 Å². The standard InChI is InChI=1S/C17H9F5O2/c18-13-8-11(17(20,21)22)9-14(19)16(13)24-12-4-1-3-10(7-12)15-5-2-6-23-15/h1-9H. The van der Waals surface area contributed by atoms with Crippen molar-refractivity contribution in [1.29, 1.82) is 0 Å². The van der Waals surface area contributed by atoms with Crippen LogP contribution in [0.4, 0.5) is 22.0 Å². The van der Waals surface area contributed by atoms with Crippen molar-refractivity contribution in [3.8, 4) is 22.8 Å². The molecule has 0 saturated carbocycles. The molecular weight excluding hydrogens is 331 g/mol. The normalized spacial score (nSPS) is 11.5. The molecular formula is C17H9F5O2. The predicted molar refractivity (Wildman–Crippen MR) is 75.6 cm³/mol. The number of hydrogen-bond acceptors (Lipinski definition) is 2. The van der Waals surface area contributed by atoms with E-state index in [9.17, 15) is 22.0 Å². The van der Waals surface area contributed by atoms with E-state index in [-0.39, 0.29) is 17.9 Å². The first kappa shape index (κ1) is 16.0. The molecule has 0 aliphatic rings. The lowest BCUT2D eigenvalue weighted by molar-refractivity contribution is -0.138. The third-order valence-electron chi connectivity index (χ3n) is 3.19. The number of hydrogen-bond donors (Lipinski definition) is 0. The summed E-state index contributed by atoms with van der Waals surface area (Å²) < 4.78 is 75.5. The van der Waals surface area contributed by atoms with E-state index in [2.05, 4.69) is 0 Å². The SMILES string of the molecule is Fc1cc(C(F)(F)F)cc(F)c1Oc1cccc(-c2ccco2)c1. The molecule has 124 valence electrons. The van der Waals surface area contributed by atoms with Gasteiger partial charge in [0.2, 0.25) is 0 Å². The molecule has 3 aromatic rings. The highest BCUT2D eigenvalue weighted by molar-refractivity contribution is 5.59. The summed E-state index contributed by atoms with van der Waals surface area (Å²) in [6.45, 7) is 0. The van der Waals surface area contributed by atoms with Crippen molar-refractivity contribution in [1.82, 2.24) is 0 Å². The number of furan rings is 1. The lowest BCUT2D eigenvalue weighted by atomic mass is 10.1. The Morgan fingerprint density at radius 2 is 1.58 bits per heavy atom. The van der Waals surface area contributed by atoms with E-state index in [1.807, 2.05) is 0 Å². The van der Waals surface area contributed by atoms with Crippen molar-refractivity contribution in [3.63, 3.8) is 0 Å².